The highest BCUT2D eigenvalue weighted by Crippen LogP contribution is 2.41. The van der Waals surface area contributed by atoms with E-state index in [-0.39, 0.29) is 22.9 Å². The van der Waals surface area contributed by atoms with Crippen LogP contribution >= 0.6 is 0 Å². The van der Waals surface area contributed by atoms with E-state index < -0.39 is 23.5 Å². The summed E-state index contributed by atoms with van der Waals surface area (Å²) in [6, 6.07) is 0. The molecule has 0 aromatic heterocycles. The fraction of sp³-hybridized carbons (Fsp3) is 0.862. The Morgan fingerprint density at radius 3 is 1.91 bits per heavy atom. The van der Waals surface area contributed by atoms with Gasteiger partial charge < -0.3 is 14.6 Å². The van der Waals surface area contributed by atoms with Crippen LogP contribution < -0.4 is 0 Å². The van der Waals surface area contributed by atoms with E-state index in [1.54, 1.807) is 0 Å². The summed E-state index contributed by atoms with van der Waals surface area (Å²) in [5.41, 5.74) is -0.395. The summed E-state index contributed by atoms with van der Waals surface area (Å²) >= 11 is 0. The fourth-order valence-electron chi connectivity index (χ4n) is 4.35. The average molecular weight is 483 g/mol. The topological polar surface area (TPSA) is 72.8 Å². The van der Waals surface area contributed by atoms with Gasteiger partial charge in [-0.05, 0) is 63.7 Å². The number of aliphatic carboxylic acids is 1. The molecule has 1 N–H and O–H groups in total. The maximum Gasteiger partial charge on any atom is 0.307 e. The SMILES string of the molecule is CCC(C)(C)CC(C)(CC)CC=CCC(CC(=O)OC(CC)(CC)CCOC(C)(C)C)C(=O)O. The normalized spacial score (nSPS) is 15.8. The molecule has 0 spiro atoms. The number of carboxylic acids is 1. The van der Waals surface area contributed by atoms with Crippen LogP contribution in [0.25, 0.3) is 0 Å². The van der Waals surface area contributed by atoms with Gasteiger partial charge >= 0.3 is 11.9 Å². The maximum atomic E-state index is 12.7. The lowest BCUT2D eigenvalue weighted by atomic mass is 9.69. The van der Waals surface area contributed by atoms with Gasteiger partial charge in [-0.2, -0.15) is 0 Å². The van der Waals surface area contributed by atoms with E-state index in [2.05, 4.69) is 40.7 Å². The van der Waals surface area contributed by atoms with E-state index in [4.69, 9.17) is 9.47 Å². The molecule has 0 heterocycles. The number of hydrogen-bond acceptors (Lipinski definition) is 4. The molecule has 2 unspecified atom stereocenters. The van der Waals surface area contributed by atoms with Crippen molar-refractivity contribution in [3.8, 4) is 0 Å². The van der Waals surface area contributed by atoms with Crippen LogP contribution in [0, 0.1) is 16.7 Å². The third-order valence-electron chi connectivity index (χ3n) is 7.39. The number of ether oxygens (including phenoxy) is 2. The standard InChI is InChI=1S/C29H54O5/c1-11-27(8,9)22-28(10,12-2)18-16-15-17-23(25(31)32)21-24(30)34-29(13-3,14-4)19-20-33-26(5,6)7/h15-16,23H,11-14,17-22H2,1-10H3,(H,31,32). The summed E-state index contributed by atoms with van der Waals surface area (Å²) in [6.45, 7) is 21.8. The maximum absolute atomic E-state index is 12.7. The minimum atomic E-state index is -0.957. The quantitative estimate of drug-likeness (QED) is 0.168. The Labute approximate surface area is 210 Å². The zero-order valence-electron chi connectivity index (χ0n) is 23.9. The van der Waals surface area contributed by atoms with Crippen molar-refractivity contribution in [2.45, 2.75) is 138 Å². The second-order valence-corrected chi connectivity index (χ2v) is 12.1. The molecule has 0 saturated heterocycles. The van der Waals surface area contributed by atoms with Crippen molar-refractivity contribution in [3.63, 3.8) is 0 Å². The minimum absolute atomic E-state index is 0.116. The van der Waals surface area contributed by atoms with Crippen LogP contribution in [0.2, 0.25) is 0 Å². The van der Waals surface area contributed by atoms with Gasteiger partial charge in [0, 0.05) is 6.42 Å². The molecule has 5 nitrogen and oxygen atoms in total. The highest BCUT2D eigenvalue weighted by atomic mass is 16.6. The number of carbonyl (C=O) groups excluding carboxylic acids is 1. The van der Waals surface area contributed by atoms with Crippen molar-refractivity contribution < 1.29 is 24.2 Å². The summed E-state index contributed by atoms with van der Waals surface area (Å²) in [7, 11) is 0. The number of carbonyl (C=O) groups is 2. The van der Waals surface area contributed by atoms with Gasteiger partial charge in [0.25, 0.3) is 0 Å². The van der Waals surface area contributed by atoms with Crippen LogP contribution in [0.4, 0.5) is 0 Å². The van der Waals surface area contributed by atoms with Gasteiger partial charge in [0.15, 0.2) is 0 Å². The predicted molar refractivity (Wildman–Crippen MR) is 141 cm³/mol. The number of allylic oxidation sites excluding steroid dienone is 2. The summed E-state index contributed by atoms with van der Waals surface area (Å²) in [4.78, 5) is 24.6. The van der Waals surface area contributed by atoms with Crippen molar-refractivity contribution >= 4 is 11.9 Å². The van der Waals surface area contributed by atoms with E-state index in [0.29, 0.717) is 32.3 Å². The van der Waals surface area contributed by atoms with Crippen LogP contribution in [0.15, 0.2) is 12.2 Å². The Kier molecular flexibility index (Phi) is 13.7. The minimum Gasteiger partial charge on any atom is -0.481 e. The summed E-state index contributed by atoms with van der Waals surface area (Å²) < 4.78 is 11.7. The molecule has 0 fully saturated rings. The Morgan fingerprint density at radius 2 is 1.47 bits per heavy atom. The lowest BCUT2D eigenvalue weighted by molar-refractivity contribution is -0.167. The molecule has 5 heteroatoms. The molecule has 200 valence electrons. The first kappa shape index (κ1) is 32.6. The van der Waals surface area contributed by atoms with E-state index in [9.17, 15) is 14.7 Å². The largest absolute Gasteiger partial charge is 0.481 e. The molecule has 0 saturated carbocycles. The molecule has 0 aliphatic carbocycles. The molecular weight excluding hydrogens is 428 g/mol. The van der Waals surface area contributed by atoms with Gasteiger partial charge in [0.1, 0.15) is 5.60 Å². The average Bonchev–Trinajstić information content (AvgIpc) is 2.73. The van der Waals surface area contributed by atoms with E-state index in [1.807, 2.05) is 40.7 Å². The van der Waals surface area contributed by atoms with Gasteiger partial charge in [-0.3, -0.25) is 9.59 Å². The summed E-state index contributed by atoms with van der Waals surface area (Å²) in [5, 5.41) is 9.69. The first-order valence-corrected chi connectivity index (χ1v) is 13.3. The summed E-state index contributed by atoms with van der Waals surface area (Å²) in [5.74, 6) is -2.18. The molecule has 0 aliphatic rings. The monoisotopic (exact) mass is 482 g/mol. The van der Waals surface area contributed by atoms with E-state index >= 15 is 0 Å². The van der Waals surface area contributed by atoms with Crippen LogP contribution in [0.5, 0.6) is 0 Å². The van der Waals surface area contributed by atoms with Crippen molar-refractivity contribution in [2.75, 3.05) is 6.61 Å². The van der Waals surface area contributed by atoms with Crippen LogP contribution in [0.3, 0.4) is 0 Å². The number of rotatable bonds is 17. The Balaban J connectivity index is 5.03. The summed E-state index contributed by atoms with van der Waals surface area (Å²) in [6.07, 6.45) is 10.4. The molecule has 0 amide bonds. The van der Waals surface area contributed by atoms with Gasteiger partial charge in [0.2, 0.25) is 0 Å². The molecule has 2 atom stereocenters. The van der Waals surface area contributed by atoms with Crippen molar-refractivity contribution in [1.29, 1.82) is 0 Å². The Morgan fingerprint density at radius 1 is 0.882 bits per heavy atom. The fourth-order valence-corrected chi connectivity index (χ4v) is 4.35. The van der Waals surface area contributed by atoms with E-state index in [0.717, 1.165) is 25.7 Å². The lowest BCUT2D eigenvalue weighted by Gasteiger charge is -2.36. The van der Waals surface area contributed by atoms with Crippen LogP contribution in [-0.2, 0) is 19.1 Å². The molecule has 0 aliphatic heterocycles. The van der Waals surface area contributed by atoms with Gasteiger partial charge in [-0.15, -0.1) is 0 Å². The zero-order chi connectivity index (χ0) is 26.6. The van der Waals surface area contributed by atoms with Gasteiger partial charge in [-0.1, -0.05) is 73.5 Å². The van der Waals surface area contributed by atoms with Gasteiger partial charge in [-0.25, -0.2) is 0 Å². The lowest BCUT2D eigenvalue weighted by Crippen LogP contribution is -2.37. The van der Waals surface area contributed by atoms with Crippen LogP contribution in [-0.4, -0.2) is 34.9 Å². The van der Waals surface area contributed by atoms with Crippen molar-refractivity contribution in [2.24, 2.45) is 16.7 Å². The van der Waals surface area contributed by atoms with Gasteiger partial charge in [0.05, 0.1) is 24.5 Å². The molecule has 0 aromatic rings. The number of esters is 1. The van der Waals surface area contributed by atoms with Crippen molar-refractivity contribution in [3.05, 3.63) is 12.2 Å². The third-order valence-corrected chi connectivity index (χ3v) is 7.39. The predicted octanol–water partition coefficient (Wildman–Crippen LogP) is 7.96. The van der Waals surface area contributed by atoms with Crippen molar-refractivity contribution in [1.82, 2.24) is 0 Å². The smallest absolute Gasteiger partial charge is 0.307 e. The number of hydrogen-bond donors (Lipinski definition) is 1. The highest BCUT2D eigenvalue weighted by molar-refractivity contribution is 5.79. The zero-order valence-corrected chi connectivity index (χ0v) is 23.9. The molecule has 0 bridgehead atoms. The first-order valence-electron chi connectivity index (χ1n) is 13.3. The molecule has 0 rings (SSSR count). The molecule has 0 radical (unpaired) electrons. The second kappa shape index (κ2) is 14.3. The second-order valence-electron chi connectivity index (χ2n) is 12.1. The highest BCUT2D eigenvalue weighted by Gasteiger charge is 2.33. The number of carboxylic acid groups (broad SMARTS) is 1. The Bertz CT molecular complexity index is 639. The molecular formula is C29H54O5. The molecule has 34 heavy (non-hydrogen) atoms. The van der Waals surface area contributed by atoms with E-state index in [1.165, 1.54) is 0 Å². The first-order chi connectivity index (χ1) is 15.6. The Hall–Kier alpha value is -1.36. The molecule has 0 aromatic carbocycles. The third kappa shape index (κ3) is 12.9. The van der Waals surface area contributed by atoms with Crippen LogP contribution in [0.1, 0.15) is 127 Å².